The van der Waals surface area contributed by atoms with Crippen LogP contribution >= 0.6 is 11.6 Å². The van der Waals surface area contributed by atoms with Crippen molar-refractivity contribution in [3.8, 4) is 0 Å². The number of rotatable bonds is 11. The molecule has 0 aliphatic carbocycles. The minimum absolute atomic E-state index is 0.118. The lowest BCUT2D eigenvalue weighted by Crippen LogP contribution is -2.45. The van der Waals surface area contributed by atoms with E-state index in [0.717, 1.165) is 0 Å². The van der Waals surface area contributed by atoms with Gasteiger partial charge in [-0.3, -0.25) is 14.4 Å². The van der Waals surface area contributed by atoms with E-state index in [4.69, 9.17) is 21.1 Å². The highest BCUT2D eigenvalue weighted by atomic mass is 35.5. The number of cyclic esters (lactones) is 1. The van der Waals surface area contributed by atoms with E-state index in [2.05, 4.69) is 10.6 Å². The van der Waals surface area contributed by atoms with Gasteiger partial charge in [0.1, 0.15) is 12.1 Å². The molecule has 24 heavy (non-hydrogen) atoms. The second kappa shape index (κ2) is 10.1. The van der Waals surface area contributed by atoms with E-state index in [9.17, 15) is 19.2 Å². The van der Waals surface area contributed by atoms with Crippen molar-refractivity contribution in [3.05, 3.63) is 0 Å². The number of unbranched alkanes of at least 4 members (excludes halogenated alkanes) is 1. The Balaban J connectivity index is 2.32. The Morgan fingerprint density at radius 3 is 2.67 bits per heavy atom. The fraction of sp³-hybridized carbons (Fsp3) is 0.733. The quantitative estimate of drug-likeness (QED) is 0.239. The normalized spacial score (nSPS) is 21.7. The summed E-state index contributed by atoms with van der Waals surface area (Å²) in [5.41, 5.74) is -0.937. The Morgan fingerprint density at radius 1 is 1.42 bits per heavy atom. The molecule has 9 heteroatoms. The van der Waals surface area contributed by atoms with Crippen molar-refractivity contribution < 1.29 is 28.7 Å². The molecule has 0 radical (unpaired) electrons. The van der Waals surface area contributed by atoms with Crippen LogP contribution in [-0.4, -0.2) is 48.5 Å². The second-order valence-corrected chi connectivity index (χ2v) is 6.15. The highest BCUT2D eigenvalue weighted by molar-refractivity contribution is 6.20. The summed E-state index contributed by atoms with van der Waals surface area (Å²) in [5, 5.41) is 5.05. The third-order valence-corrected chi connectivity index (χ3v) is 3.97. The zero-order valence-electron chi connectivity index (χ0n) is 13.7. The van der Waals surface area contributed by atoms with E-state index < -0.39 is 17.6 Å². The molecule has 0 bridgehead atoms. The number of carbonyl (C=O) groups is 4. The number of hydrogen-bond acceptors (Lipinski definition) is 6. The number of esters is 2. The Morgan fingerprint density at radius 2 is 2.12 bits per heavy atom. The molecular weight excluding hydrogens is 340 g/mol. The summed E-state index contributed by atoms with van der Waals surface area (Å²) >= 11 is 5.96. The van der Waals surface area contributed by atoms with Crippen LogP contribution in [0.5, 0.6) is 0 Å². The van der Waals surface area contributed by atoms with E-state index in [-0.39, 0.29) is 30.3 Å². The van der Waals surface area contributed by atoms with Crippen LogP contribution in [0.2, 0.25) is 0 Å². The van der Waals surface area contributed by atoms with Gasteiger partial charge in [-0.15, -0.1) is 0 Å². The lowest BCUT2D eigenvalue weighted by atomic mass is 9.97. The molecule has 0 spiro atoms. The number of alkyl halides is 1. The van der Waals surface area contributed by atoms with Gasteiger partial charge in [0.25, 0.3) is 0 Å². The van der Waals surface area contributed by atoms with Crippen molar-refractivity contribution in [1.82, 2.24) is 10.6 Å². The van der Waals surface area contributed by atoms with Gasteiger partial charge in [0.15, 0.2) is 5.56 Å². The summed E-state index contributed by atoms with van der Waals surface area (Å²) in [6.45, 7) is 3.64. The summed E-state index contributed by atoms with van der Waals surface area (Å²) in [6.07, 6.45) is 1.93. The monoisotopic (exact) mass is 362 g/mol. The zero-order chi connectivity index (χ0) is 18.1. The molecule has 0 saturated carbocycles. The molecule has 2 amide bonds. The molecular formula is C15H23ClN2O6. The number of halogens is 1. The first kappa shape index (κ1) is 20.2. The van der Waals surface area contributed by atoms with Gasteiger partial charge in [-0.1, -0.05) is 11.6 Å². The van der Waals surface area contributed by atoms with Crippen LogP contribution in [0.1, 0.15) is 39.5 Å². The van der Waals surface area contributed by atoms with Crippen LogP contribution in [0.4, 0.5) is 0 Å². The van der Waals surface area contributed by atoms with Gasteiger partial charge in [-0.25, -0.2) is 4.79 Å². The molecule has 8 nitrogen and oxygen atoms in total. The maximum Gasteiger partial charge on any atom is 0.330 e. The average Bonchev–Trinajstić information content (AvgIpc) is 2.52. The predicted octanol–water partition coefficient (Wildman–Crippen LogP) is 0.467. The fourth-order valence-electron chi connectivity index (χ4n) is 2.22. The molecule has 1 fully saturated rings. The number of ether oxygens (including phenoxy) is 2. The number of amides is 2. The third-order valence-electron chi connectivity index (χ3n) is 3.71. The number of nitrogens with one attached hydrogen (secondary N) is 2. The Hall–Kier alpha value is -1.83. The van der Waals surface area contributed by atoms with Crippen LogP contribution in [-0.2, 0) is 28.7 Å². The topological polar surface area (TPSA) is 111 Å². The first-order chi connectivity index (χ1) is 11.3. The molecule has 0 aromatic carbocycles. The summed E-state index contributed by atoms with van der Waals surface area (Å²) in [4.78, 5) is 44.4. The molecule has 1 aliphatic heterocycles. The van der Waals surface area contributed by atoms with Gasteiger partial charge in [0.2, 0.25) is 12.3 Å². The zero-order valence-corrected chi connectivity index (χ0v) is 14.5. The van der Waals surface area contributed by atoms with Gasteiger partial charge < -0.3 is 20.1 Å². The van der Waals surface area contributed by atoms with Crippen LogP contribution in [0.25, 0.3) is 0 Å². The third kappa shape index (κ3) is 6.74. The minimum Gasteiger partial charge on any atom is -0.461 e. The van der Waals surface area contributed by atoms with Crippen molar-refractivity contribution >= 4 is 35.9 Å². The molecule has 1 rings (SSSR count). The van der Waals surface area contributed by atoms with Gasteiger partial charge >= 0.3 is 11.9 Å². The molecule has 4 atom stereocenters. The van der Waals surface area contributed by atoms with Crippen LogP contribution in [0.3, 0.4) is 0 Å². The molecule has 136 valence electrons. The van der Waals surface area contributed by atoms with Crippen molar-refractivity contribution in [2.45, 2.75) is 57.2 Å². The summed E-state index contributed by atoms with van der Waals surface area (Å²) in [5.74, 6) is -1.31. The molecule has 0 aromatic rings. The average molecular weight is 363 g/mol. The van der Waals surface area contributed by atoms with Gasteiger partial charge in [-0.05, 0) is 26.2 Å². The van der Waals surface area contributed by atoms with Gasteiger partial charge in [-0.2, -0.15) is 0 Å². The van der Waals surface area contributed by atoms with Crippen LogP contribution in [0.15, 0.2) is 0 Å². The first-order valence-corrected chi connectivity index (χ1v) is 8.28. The van der Waals surface area contributed by atoms with Crippen molar-refractivity contribution in [3.63, 3.8) is 0 Å². The highest BCUT2D eigenvalue weighted by Gasteiger charge is 2.40. The molecule has 0 unspecified atom stereocenters. The second-order valence-electron chi connectivity index (χ2n) is 5.66. The highest BCUT2D eigenvalue weighted by Crippen LogP contribution is 2.27. The van der Waals surface area contributed by atoms with Crippen molar-refractivity contribution in [2.75, 3.05) is 6.54 Å². The van der Waals surface area contributed by atoms with Gasteiger partial charge in [0.05, 0.1) is 5.92 Å². The summed E-state index contributed by atoms with van der Waals surface area (Å²) in [6, 6.07) is -0.803. The van der Waals surface area contributed by atoms with E-state index in [0.29, 0.717) is 32.2 Å². The molecule has 0 aromatic heterocycles. The van der Waals surface area contributed by atoms with E-state index in [1.54, 1.807) is 6.92 Å². The molecule has 2 N–H and O–H groups in total. The maximum absolute atomic E-state index is 12.0. The van der Waals surface area contributed by atoms with E-state index in [1.807, 2.05) is 0 Å². The Bertz CT molecular complexity index is 473. The smallest absolute Gasteiger partial charge is 0.330 e. The van der Waals surface area contributed by atoms with E-state index >= 15 is 0 Å². The largest absolute Gasteiger partial charge is 0.461 e. The Kier molecular flexibility index (Phi) is 8.53. The molecule has 1 aliphatic rings. The number of carbonyl (C=O) groups excluding carboxylic acids is 4. The lowest BCUT2D eigenvalue weighted by Gasteiger charge is -2.33. The molecule has 1 heterocycles. The summed E-state index contributed by atoms with van der Waals surface area (Å²) in [7, 11) is 0. The lowest BCUT2D eigenvalue weighted by molar-refractivity contribution is -0.185. The van der Waals surface area contributed by atoms with Crippen LogP contribution in [0, 0.1) is 5.92 Å². The number of hydrogen-bond donors (Lipinski definition) is 2. The standard InChI is InChI=1S/C15H23ClN2O6/c1-9-12(23-14(9)21)7-13(16)24-15(22)11(18-8-19)5-3-4-6-17-10(2)20/h8-9,11-13H,3-7H2,1-2H3,(H,17,20)(H,18,19)/t9-,11-,12-,13+/m0/s1. The van der Waals surface area contributed by atoms with Crippen LogP contribution < -0.4 is 10.6 Å². The Labute approximate surface area is 145 Å². The van der Waals surface area contributed by atoms with Crippen molar-refractivity contribution in [2.24, 2.45) is 5.92 Å². The first-order valence-electron chi connectivity index (χ1n) is 7.84. The SMILES string of the molecule is CC(=O)NCCCC[C@H](NC=O)C(=O)O[C@@H](Cl)C[C@@H]1OC(=O)[C@H]1C. The summed E-state index contributed by atoms with van der Waals surface area (Å²) < 4.78 is 10.00. The predicted molar refractivity (Wildman–Crippen MR) is 84.9 cm³/mol. The van der Waals surface area contributed by atoms with E-state index in [1.165, 1.54) is 6.92 Å². The minimum atomic E-state index is -0.937. The maximum atomic E-state index is 12.0. The van der Waals surface area contributed by atoms with Gasteiger partial charge in [0, 0.05) is 19.9 Å². The van der Waals surface area contributed by atoms with Crippen molar-refractivity contribution in [1.29, 1.82) is 0 Å². The fourth-order valence-corrected chi connectivity index (χ4v) is 2.48. The molecule has 1 saturated heterocycles.